The maximum Gasteiger partial charge on any atom is 0.409 e. The molecule has 3 rings (SSSR count). The molecule has 1 fully saturated rings. The summed E-state index contributed by atoms with van der Waals surface area (Å²) in [6.07, 6.45) is 1.13. The highest BCUT2D eigenvalue weighted by Crippen LogP contribution is 2.33. The largest absolute Gasteiger partial charge is 0.450 e. The number of ether oxygens (including phenoxy) is 1. The van der Waals surface area contributed by atoms with Gasteiger partial charge in [0.05, 0.1) is 17.3 Å². The highest BCUT2D eigenvalue weighted by molar-refractivity contribution is 6.35. The number of benzene rings is 1. The van der Waals surface area contributed by atoms with E-state index in [-0.39, 0.29) is 6.09 Å². The number of amides is 1. The lowest BCUT2D eigenvalue weighted by atomic mass is 10.3. The average molecular weight is 411 g/mol. The Morgan fingerprint density at radius 1 is 1.26 bits per heavy atom. The van der Waals surface area contributed by atoms with Crippen molar-refractivity contribution in [2.24, 2.45) is 0 Å². The zero-order chi connectivity index (χ0) is 19.4. The van der Waals surface area contributed by atoms with Gasteiger partial charge in [-0.15, -0.1) is 0 Å². The zero-order valence-corrected chi connectivity index (χ0v) is 16.3. The molecule has 0 spiro atoms. The number of carbonyl (C=O) groups excluding carboxylic acids is 1. The Morgan fingerprint density at radius 2 is 2.00 bits per heavy atom. The molecule has 27 heavy (non-hydrogen) atoms. The number of nitrogen functional groups attached to an aromatic ring is 1. The van der Waals surface area contributed by atoms with Crippen LogP contribution in [-0.4, -0.2) is 53.7 Å². The van der Waals surface area contributed by atoms with Crippen LogP contribution in [0.5, 0.6) is 0 Å². The third kappa shape index (κ3) is 4.45. The number of anilines is 4. The van der Waals surface area contributed by atoms with Crippen LogP contribution in [0.2, 0.25) is 10.0 Å². The summed E-state index contributed by atoms with van der Waals surface area (Å²) in [5, 5.41) is 4.15. The molecule has 0 atom stereocenters. The van der Waals surface area contributed by atoms with Crippen molar-refractivity contribution in [2.45, 2.75) is 6.92 Å². The molecule has 3 N–H and O–H groups in total. The molecule has 0 aliphatic carbocycles. The third-order valence-electron chi connectivity index (χ3n) is 4.15. The smallest absolute Gasteiger partial charge is 0.409 e. The molecule has 8 nitrogen and oxygen atoms in total. The summed E-state index contributed by atoms with van der Waals surface area (Å²) < 4.78 is 5.04. The normalized spacial score (nSPS) is 14.2. The molecule has 1 aromatic heterocycles. The minimum atomic E-state index is -0.300. The maximum absolute atomic E-state index is 11.8. The molecule has 2 aromatic rings. The van der Waals surface area contributed by atoms with Crippen molar-refractivity contribution in [1.82, 2.24) is 14.9 Å². The van der Waals surface area contributed by atoms with Crippen LogP contribution in [0.25, 0.3) is 0 Å². The second-order valence-electron chi connectivity index (χ2n) is 5.88. The van der Waals surface area contributed by atoms with Gasteiger partial charge in [0.15, 0.2) is 11.6 Å². The molecular formula is C17H20Cl2N6O2. The van der Waals surface area contributed by atoms with E-state index in [1.54, 1.807) is 30.0 Å². The summed E-state index contributed by atoms with van der Waals surface area (Å²) >= 11 is 12.2. The molecule has 0 bridgehead atoms. The lowest BCUT2D eigenvalue weighted by molar-refractivity contribution is 0.105. The number of aromatic nitrogens is 2. The van der Waals surface area contributed by atoms with Crippen molar-refractivity contribution < 1.29 is 9.53 Å². The fourth-order valence-electron chi connectivity index (χ4n) is 2.77. The van der Waals surface area contributed by atoms with Crippen LogP contribution >= 0.6 is 23.2 Å². The number of carbonyl (C=O) groups is 1. The van der Waals surface area contributed by atoms with Crippen molar-refractivity contribution in [3.63, 3.8) is 0 Å². The number of hydrogen-bond donors (Lipinski definition) is 2. The van der Waals surface area contributed by atoms with Gasteiger partial charge in [-0.2, -0.15) is 0 Å². The standard InChI is InChI=1S/C17H20Cl2N6O2/c1-2-27-17(26)25-7-5-24(6-8-25)16-14(20)15(21-10-22-16)23-13-9-11(18)3-4-12(13)19/h3-4,9-10H,2,5-8,20H2,1H3,(H,21,22,23). The lowest BCUT2D eigenvalue weighted by Crippen LogP contribution is -2.49. The summed E-state index contributed by atoms with van der Waals surface area (Å²) in [5.74, 6) is 1.05. The zero-order valence-electron chi connectivity index (χ0n) is 14.8. The van der Waals surface area contributed by atoms with Crippen LogP contribution in [0.1, 0.15) is 6.92 Å². The predicted molar refractivity (Wildman–Crippen MR) is 107 cm³/mol. The van der Waals surface area contributed by atoms with Gasteiger partial charge >= 0.3 is 6.09 Å². The van der Waals surface area contributed by atoms with Crippen molar-refractivity contribution in [1.29, 1.82) is 0 Å². The Morgan fingerprint density at radius 3 is 2.70 bits per heavy atom. The Labute approximate surface area is 167 Å². The Hall–Kier alpha value is -2.45. The molecule has 1 aliphatic rings. The molecule has 10 heteroatoms. The fraction of sp³-hybridized carbons (Fsp3) is 0.353. The first-order chi connectivity index (χ1) is 13.0. The van der Waals surface area contributed by atoms with Gasteiger partial charge in [0.25, 0.3) is 0 Å². The first-order valence-corrected chi connectivity index (χ1v) is 9.24. The van der Waals surface area contributed by atoms with Crippen molar-refractivity contribution in [2.75, 3.05) is 48.7 Å². The molecule has 144 valence electrons. The van der Waals surface area contributed by atoms with Gasteiger partial charge in [-0.3, -0.25) is 0 Å². The molecule has 1 aromatic carbocycles. The SMILES string of the molecule is CCOC(=O)N1CCN(c2ncnc(Nc3cc(Cl)ccc3Cl)c2N)CC1. The molecule has 0 unspecified atom stereocenters. The van der Waals surface area contributed by atoms with E-state index < -0.39 is 0 Å². The maximum atomic E-state index is 11.8. The van der Waals surface area contributed by atoms with Crippen molar-refractivity contribution in [3.8, 4) is 0 Å². The fourth-order valence-corrected chi connectivity index (χ4v) is 3.11. The Bertz CT molecular complexity index is 827. The molecule has 1 saturated heterocycles. The second-order valence-corrected chi connectivity index (χ2v) is 6.73. The van der Waals surface area contributed by atoms with E-state index in [0.717, 1.165) is 0 Å². The highest BCUT2D eigenvalue weighted by Gasteiger charge is 2.24. The monoisotopic (exact) mass is 410 g/mol. The minimum Gasteiger partial charge on any atom is -0.450 e. The predicted octanol–water partition coefficient (Wildman–Crippen LogP) is 3.39. The summed E-state index contributed by atoms with van der Waals surface area (Å²) in [7, 11) is 0. The Balaban J connectivity index is 1.74. The number of piperazine rings is 1. The summed E-state index contributed by atoms with van der Waals surface area (Å²) in [5.41, 5.74) is 7.29. The van der Waals surface area contributed by atoms with Crippen LogP contribution in [0.3, 0.4) is 0 Å². The van der Waals surface area contributed by atoms with Crippen molar-refractivity contribution >= 4 is 52.3 Å². The van der Waals surface area contributed by atoms with Gasteiger partial charge in [-0.1, -0.05) is 23.2 Å². The first-order valence-electron chi connectivity index (χ1n) is 8.48. The van der Waals surface area contributed by atoms with E-state index in [1.807, 2.05) is 4.90 Å². The van der Waals surface area contributed by atoms with Gasteiger partial charge < -0.3 is 25.6 Å². The summed E-state index contributed by atoms with van der Waals surface area (Å²) in [6, 6.07) is 5.09. The van der Waals surface area contributed by atoms with Crippen LogP contribution in [0.4, 0.5) is 27.8 Å². The minimum absolute atomic E-state index is 0.300. The average Bonchev–Trinajstić information content (AvgIpc) is 2.67. The lowest BCUT2D eigenvalue weighted by Gasteiger charge is -2.35. The van der Waals surface area contributed by atoms with Gasteiger partial charge in [0, 0.05) is 31.2 Å². The molecular weight excluding hydrogens is 391 g/mol. The molecule has 0 saturated carbocycles. The topological polar surface area (TPSA) is 96.6 Å². The van der Waals surface area contributed by atoms with Crippen LogP contribution in [0.15, 0.2) is 24.5 Å². The van der Waals surface area contributed by atoms with E-state index in [9.17, 15) is 4.79 Å². The van der Waals surface area contributed by atoms with Gasteiger partial charge in [0.1, 0.15) is 12.0 Å². The number of hydrogen-bond acceptors (Lipinski definition) is 7. The van der Waals surface area contributed by atoms with Gasteiger partial charge in [-0.05, 0) is 25.1 Å². The van der Waals surface area contributed by atoms with E-state index in [1.165, 1.54) is 6.33 Å². The second kappa shape index (κ2) is 8.49. The van der Waals surface area contributed by atoms with Crippen LogP contribution < -0.4 is 16.0 Å². The van der Waals surface area contributed by atoms with Crippen LogP contribution in [-0.2, 0) is 4.74 Å². The van der Waals surface area contributed by atoms with Crippen LogP contribution in [0, 0.1) is 0 Å². The quantitative estimate of drug-likeness (QED) is 0.796. The Kier molecular flexibility index (Phi) is 6.08. The number of rotatable bonds is 4. The summed E-state index contributed by atoms with van der Waals surface area (Å²) in [6.45, 7) is 4.40. The molecule has 1 amide bonds. The third-order valence-corrected chi connectivity index (χ3v) is 4.71. The highest BCUT2D eigenvalue weighted by atomic mass is 35.5. The van der Waals surface area contributed by atoms with E-state index in [0.29, 0.717) is 65.8 Å². The molecule has 1 aliphatic heterocycles. The van der Waals surface area contributed by atoms with E-state index in [2.05, 4.69) is 15.3 Å². The van der Waals surface area contributed by atoms with Gasteiger partial charge in [-0.25, -0.2) is 14.8 Å². The molecule has 0 radical (unpaired) electrons. The number of nitrogens with two attached hydrogens (primary N) is 1. The number of halogens is 2. The number of nitrogens with zero attached hydrogens (tertiary/aromatic N) is 4. The van der Waals surface area contributed by atoms with E-state index in [4.69, 9.17) is 33.7 Å². The van der Waals surface area contributed by atoms with E-state index >= 15 is 0 Å². The number of nitrogens with one attached hydrogen (secondary N) is 1. The summed E-state index contributed by atoms with van der Waals surface area (Å²) in [4.78, 5) is 24.0. The van der Waals surface area contributed by atoms with Crippen molar-refractivity contribution in [3.05, 3.63) is 34.6 Å². The first kappa shape index (κ1) is 19.3. The van der Waals surface area contributed by atoms with Gasteiger partial charge in [0.2, 0.25) is 0 Å². The molecule has 2 heterocycles.